The molecule has 0 aliphatic rings. The Hall–Kier alpha value is -1.38. The molecule has 1 aromatic rings. The third-order valence-electron chi connectivity index (χ3n) is 2.57. The van der Waals surface area contributed by atoms with Crippen LogP contribution < -0.4 is 15.2 Å². The standard InChI is InChI=1S/C11H17FN2O4S/c1-14(5-4-13)19(15,16)11-7-10(18-3)9(17-2)6-8(11)12/h6-7H,4-5,13H2,1-3H3. The van der Waals surface area contributed by atoms with Gasteiger partial charge in [0.1, 0.15) is 10.7 Å². The summed E-state index contributed by atoms with van der Waals surface area (Å²) in [5, 5.41) is 0. The maximum absolute atomic E-state index is 13.9. The van der Waals surface area contributed by atoms with Crippen molar-refractivity contribution in [1.82, 2.24) is 4.31 Å². The number of benzene rings is 1. The van der Waals surface area contributed by atoms with Gasteiger partial charge in [-0.05, 0) is 0 Å². The number of hydrogen-bond acceptors (Lipinski definition) is 5. The number of sulfonamides is 1. The lowest BCUT2D eigenvalue weighted by Gasteiger charge is -2.18. The van der Waals surface area contributed by atoms with Gasteiger partial charge in [-0.2, -0.15) is 4.31 Å². The average Bonchev–Trinajstić information content (AvgIpc) is 2.38. The van der Waals surface area contributed by atoms with E-state index in [4.69, 9.17) is 15.2 Å². The third-order valence-corrected chi connectivity index (χ3v) is 4.44. The fourth-order valence-electron chi connectivity index (χ4n) is 1.50. The summed E-state index contributed by atoms with van der Waals surface area (Å²) in [5.41, 5.74) is 5.30. The molecular weight excluding hydrogens is 275 g/mol. The molecule has 1 rings (SSSR count). The zero-order chi connectivity index (χ0) is 14.6. The van der Waals surface area contributed by atoms with Gasteiger partial charge in [0.2, 0.25) is 10.0 Å². The molecule has 0 amide bonds. The molecule has 0 radical (unpaired) electrons. The zero-order valence-electron chi connectivity index (χ0n) is 11.0. The largest absolute Gasteiger partial charge is 0.493 e. The van der Waals surface area contributed by atoms with E-state index in [2.05, 4.69) is 0 Å². The highest BCUT2D eigenvalue weighted by Crippen LogP contribution is 2.32. The monoisotopic (exact) mass is 292 g/mol. The van der Waals surface area contributed by atoms with Gasteiger partial charge in [0.15, 0.2) is 11.5 Å². The van der Waals surface area contributed by atoms with E-state index in [-0.39, 0.29) is 24.6 Å². The van der Waals surface area contributed by atoms with Gasteiger partial charge in [0.25, 0.3) is 0 Å². The minimum Gasteiger partial charge on any atom is -0.493 e. The predicted octanol–water partition coefficient (Wildman–Crippen LogP) is 0.422. The Bertz CT molecular complexity index is 548. The summed E-state index contributed by atoms with van der Waals surface area (Å²) in [4.78, 5) is -0.471. The molecule has 0 aromatic heterocycles. The molecule has 19 heavy (non-hydrogen) atoms. The van der Waals surface area contributed by atoms with Crippen LogP contribution >= 0.6 is 0 Å². The van der Waals surface area contributed by atoms with Gasteiger partial charge < -0.3 is 15.2 Å². The van der Waals surface area contributed by atoms with Crippen LogP contribution in [0.3, 0.4) is 0 Å². The van der Waals surface area contributed by atoms with Crippen LogP contribution in [0.4, 0.5) is 4.39 Å². The van der Waals surface area contributed by atoms with E-state index in [1.165, 1.54) is 21.3 Å². The summed E-state index contributed by atoms with van der Waals surface area (Å²) in [6.07, 6.45) is 0. The second kappa shape index (κ2) is 6.18. The van der Waals surface area contributed by atoms with Crippen LogP contribution in [-0.4, -0.2) is 47.1 Å². The highest BCUT2D eigenvalue weighted by atomic mass is 32.2. The molecule has 0 saturated carbocycles. The second-order valence-electron chi connectivity index (χ2n) is 3.75. The lowest BCUT2D eigenvalue weighted by molar-refractivity contribution is 0.349. The quantitative estimate of drug-likeness (QED) is 0.822. The van der Waals surface area contributed by atoms with E-state index in [9.17, 15) is 12.8 Å². The number of nitrogens with two attached hydrogens (primary N) is 1. The zero-order valence-corrected chi connectivity index (χ0v) is 11.8. The van der Waals surface area contributed by atoms with Crippen LogP contribution in [0.15, 0.2) is 17.0 Å². The van der Waals surface area contributed by atoms with Crippen molar-refractivity contribution in [3.05, 3.63) is 17.9 Å². The molecule has 8 heteroatoms. The van der Waals surface area contributed by atoms with Crippen LogP contribution in [0.5, 0.6) is 11.5 Å². The van der Waals surface area contributed by atoms with Crippen molar-refractivity contribution in [2.45, 2.75) is 4.90 Å². The van der Waals surface area contributed by atoms with E-state index < -0.39 is 20.7 Å². The van der Waals surface area contributed by atoms with E-state index in [1.807, 2.05) is 0 Å². The molecule has 2 N–H and O–H groups in total. The molecule has 0 spiro atoms. The SMILES string of the molecule is COc1cc(F)c(S(=O)(=O)N(C)CCN)cc1OC. The molecule has 108 valence electrons. The first-order valence-electron chi connectivity index (χ1n) is 5.46. The first kappa shape index (κ1) is 15.7. The molecule has 0 aliphatic carbocycles. The molecule has 0 unspecified atom stereocenters. The molecule has 0 heterocycles. The van der Waals surface area contributed by atoms with E-state index in [0.717, 1.165) is 16.4 Å². The maximum atomic E-state index is 13.9. The molecule has 0 aliphatic heterocycles. The highest BCUT2D eigenvalue weighted by Gasteiger charge is 2.26. The Morgan fingerprint density at radius 2 is 1.79 bits per heavy atom. The minimum atomic E-state index is -3.95. The first-order chi connectivity index (χ1) is 8.88. The van der Waals surface area contributed by atoms with Crippen LogP contribution in [0, 0.1) is 5.82 Å². The first-order valence-corrected chi connectivity index (χ1v) is 6.90. The normalized spacial score (nSPS) is 11.7. The van der Waals surface area contributed by atoms with Gasteiger partial charge in [-0.3, -0.25) is 0 Å². The summed E-state index contributed by atoms with van der Waals surface area (Å²) in [6, 6.07) is 2.07. The number of nitrogens with zero attached hydrogens (tertiary/aromatic N) is 1. The van der Waals surface area contributed by atoms with Crippen molar-refractivity contribution in [3.63, 3.8) is 0 Å². The minimum absolute atomic E-state index is 0.0934. The van der Waals surface area contributed by atoms with Crippen molar-refractivity contribution in [2.75, 3.05) is 34.4 Å². The summed E-state index contributed by atoms with van der Waals surface area (Å²) in [5.74, 6) is -0.634. The second-order valence-corrected chi connectivity index (χ2v) is 5.77. The molecular formula is C11H17FN2O4S. The van der Waals surface area contributed by atoms with Crippen molar-refractivity contribution in [3.8, 4) is 11.5 Å². The maximum Gasteiger partial charge on any atom is 0.245 e. The van der Waals surface area contributed by atoms with Crippen LogP contribution in [0.1, 0.15) is 0 Å². The fourth-order valence-corrected chi connectivity index (χ4v) is 2.75. The van der Waals surface area contributed by atoms with Crippen molar-refractivity contribution >= 4 is 10.0 Å². The molecule has 1 aromatic carbocycles. The number of rotatable bonds is 6. The average molecular weight is 292 g/mol. The Morgan fingerprint density at radius 1 is 1.26 bits per heavy atom. The number of halogens is 1. The van der Waals surface area contributed by atoms with Gasteiger partial charge in [-0.15, -0.1) is 0 Å². The lowest BCUT2D eigenvalue weighted by Crippen LogP contribution is -2.32. The summed E-state index contributed by atoms with van der Waals surface area (Å²) in [6.45, 7) is 0.237. The highest BCUT2D eigenvalue weighted by molar-refractivity contribution is 7.89. The van der Waals surface area contributed by atoms with Crippen molar-refractivity contribution in [2.24, 2.45) is 5.73 Å². The van der Waals surface area contributed by atoms with Gasteiger partial charge in [-0.25, -0.2) is 12.8 Å². The van der Waals surface area contributed by atoms with Gasteiger partial charge in [-0.1, -0.05) is 0 Å². The van der Waals surface area contributed by atoms with E-state index in [1.54, 1.807) is 0 Å². The van der Waals surface area contributed by atoms with Crippen molar-refractivity contribution < 1.29 is 22.3 Å². The Labute approximate surface area is 112 Å². The molecule has 0 atom stereocenters. The topological polar surface area (TPSA) is 81.9 Å². The number of likely N-dealkylation sites (N-methyl/N-ethyl adjacent to an activating group) is 1. The number of methoxy groups -OCH3 is 2. The van der Waals surface area contributed by atoms with Crippen LogP contribution in [0.25, 0.3) is 0 Å². The Morgan fingerprint density at radius 3 is 2.26 bits per heavy atom. The number of ether oxygens (including phenoxy) is 2. The summed E-state index contributed by atoms with van der Waals surface area (Å²) in [7, 11) is 0.0674. The number of hydrogen-bond donors (Lipinski definition) is 1. The molecule has 0 bridgehead atoms. The van der Waals surface area contributed by atoms with Gasteiger partial charge in [0.05, 0.1) is 14.2 Å². The van der Waals surface area contributed by atoms with Gasteiger partial charge >= 0.3 is 0 Å². The van der Waals surface area contributed by atoms with Crippen molar-refractivity contribution in [1.29, 1.82) is 0 Å². The Kier molecular flexibility index (Phi) is 5.10. The fraction of sp³-hybridized carbons (Fsp3) is 0.455. The van der Waals surface area contributed by atoms with Crippen LogP contribution in [0.2, 0.25) is 0 Å². The molecule has 6 nitrogen and oxygen atoms in total. The summed E-state index contributed by atoms with van der Waals surface area (Å²) >= 11 is 0. The molecule has 0 fully saturated rings. The lowest BCUT2D eigenvalue weighted by atomic mass is 10.3. The predicted molar refractivity (Wildman–Crippen MR) is 68.4 cm³/mol. The third kappa shape index (κ3) is 3.14. The van der Waals surface area contributed by atoms with Gasteiger partial charge in [0, 0.05) is 32.3 Å². The molecule has 0 saturated heterocycles. The van der Waals surface area contributed by atoms with E-state index in [0.29, 0.717) is 0 Å². The Balaban J connectivity index is 3.35. The van der Waals surface area contributed by atoms with E-state index >= 15 is 0 Å². The smallest absolute Gasteiger partial charge is 0.245 e. The van der Waals surface area contributed by atoms with Crippen LogP contribution in [-0.2, 0) is 10.0 Å². The summed E-state index contributed by atoms with van der Waals surface area (Å²) < 4.78 is 49.0.